The first-order valence-electron chi connectivity index (χ1n) is 9.11. The Morgan fingerprint density at radius 2 is 1.74 bits per heavy atom. The molecule has 0 saturated heterocycles. The molecule has 2 aromatic carbocycles. The number of carbonyl (C=O) groups excluding carboxylic acids is 1. The number of nitrogens with one attached hydrogen (secondary N) is 1. The minimum atomic E-state index is -0.556. The van der Waals surface area contributed by atoms with Gasteiger partial charge in [0.2, 0.25) is 0 Å². The van der Waals surface area contributed by atoms with E-state index in [9.17, 15) is 4.79 Å². The molecule has 1 N–H and O–H groups in total. The number of fused-ring (bicyclic) bond motifs is 1. The lowest BCUT2D eigenvalue weighted by atomic mass is 9.92. The van der Waals surface area contributed by atoms with Crippen molar-refractivity contribution in [1.29, 1.82) is 0 Å². The Hall–Kier alpha value is -2.82. The van der Waals surface area contributed by atoms with Crippen LogP contribution in [0.5, 0.6) is 0 Å². The third-order valence-corrected chi connectivity index (χ3v) is 4.43. The molecule has 1 aromatic heterocycles. The third-order valence-electron chi connectivity index (χ3n) is 4.43. The van der Waals surface area contributed by atoms with Gasteiger partial charge in [-0.25, -0.2) is 4.79 Å². The average molecular weight is 365 g/mol. The molecule has 0 aliphatic rings. The zero-order valence-electron chi connectivity index (χ0n) is 17.1. The van der Waals surface area contributed by atoms with Crippen LogP contribution in [0, 0.1) is 20.8 Å². The predicted octanol–water partition coefficient (Wildman–Crippen LogP) is 5.51. The van der Waals surface area contributed by atoms with Crippen molar-refractivity contribution < 1.29 is 9.53 Å². The molecule has 0 aliphatic carbocycles. The summed E-state index contributed by atoms with van der Waals surface area (Å²) in [5.41, 5.74) is 6.23. The number of ether oxygens (including phenoxy) is 1. The van der Waals surface area contributed by atoms with Crippen molar-refractivity contribution >= 4 is 22.8 Å². The summed E-state index contributed by atoms with van der Waals surface area (Å²) in [6.07, 6.45) is -0.486. The van der Waals surface area contributed by atoms with E-state index < -0.39 is 11.7 Å². The first-order chi connectivity index (χ1) is 12.6. The van der Waals surface area contributed by atoms with Crippen molar-refractivity contribution in [2.75, 3.05) is 5.32 Å². The molecular weight excluding hydrogens is 338 g/mol. The summed E-state index contributed by atoms with van der Waals surface area (Å²) in [6.45, 7) is 11.9. The second-order valence-corrected chi connectivity index (χ2v) is 8.07. The van der Waals surface area contributed by atoms with Gasteiger partial charge < -0.3 is 4.74 Å². The molecule has 1 amide bonds. The molecule has 142 valence electrons. The van der Waals surface area contributed by atoms with Gasteiger partial charge in [0.1, 0.15) is 16.9 Å². The Morgan fingerprint density at radius 3 is 2.33 bits per heavy atom. The molecule has 0 bridgehead atoms. The average Bonchev–Trinajstić information content (AvgIpc) is 2.81. The number of anilines is 1. The normalized spacial score (nSPS) is 11.7. The lowest BCUT2D eigenvalue weighted by Crippen LogP contribution is -2.27. The van der Waals surface area contributed by atoms with E-state index in [2.05, 4.69) is 44.3 Å². The zero-order valence-corrected chi connectivity index (χ0v) is 17.1. The highest BCUT2D eigenvalue weighted by atomic mass is 16.6. The molecule has 5 heteroatoms. The first kappa shape index (κ1) is 19.0. The molecule has 0 fully saturated rings. The highest BCUT2D eigenvalue weighted by Gasteiger charge is 2.20. The van der Waals surface area contributed by atoms with Gasteiger partial charge in [0, 0.05) is 18.0 Å². The lowest BCUT2D eigenvalue weighted by Gasteiger charge is -2.19. The number of aryl methyl sites for hydroxylation is 4. The van der Waals surface area contributed by atoms with Crippen LogP contribution < -0.4 is 5.32 Å². The van der Waals surface area contributed by atoms with Crippen LogP contribution in [0.4, 0.5) is 10.6 Å². The fraction of sp³-hybridized carbons (Fsp3) is 0.364. The molecule has 1 heterocycles. The van der Waals surface area contributed by atoms with Crippen LogP contribution in [0.3, 0.4) is 0 Å². The topological polar surface area (TPSA) is 56.1 Å². The van der Waals surface area contributed by atoms with E-state index in [0.29, 0.717) is 5.82 Å². The van der Waals surface area contributed by atoms with Crippen LogP contribution in [-0.2, 0) is 11.8 Å². The number of carbonyl (C=O) groups is 1. The minimum absolute atomic E-state index is 0.486. The molecular formula is C22H27N3O2. The number of hydrogen-bond acceptors (Lipinski definition) is 3. The Morgan fingerprint density at radius 1 is 1.11 bits per heavy atom. The van der Waals surface area contributed by atoms with Crippen LogP contribution in [0.15, 0.2) is 30.3 Å². The van der Waals surface area contributed by atoms with Crippen LogP contribution >= 0.6 is 0 Å². The number of rotatable bonds is 2. The van der Waals surface area contributed by atoms with Gasteiger partial charge in [-0.15, -0.1) is 0 Å². The smallest absolute Gasteiger partial charge is 0.413 e. The van der Waals surface area contributed by atoms with Gasteiger partial charge in [0.25, 0.3) is 0 Å². The van der Waals surface area contributed by atoms with E-state index in [-0.39, 0.29) is 0 Å². The molecule has 0 atom stereocenters. The van der Waals surface area contributed by atoms with Gasteiger partial charge in [-0.3, -0.25) is 10.00 Å². The number of amides is 1. The second kappa shape index (κ2) is 6.72. The number of aromatic nitrogens is 2. The largest absolute Gasteiger partial charge is 0.444 e. The zero-order chi connectivity index (χ0) is 19.9. The van der Waals surface area contributed by atoms with Gasteiger partial charge >= 0.3 is 6.09 Å². The fourth-order valence-electron chi connectivity index (χ4n) is 3.57. The summed E-state index contributed by atoms with van der Waals surface area (Å²) in [6, 6.07) is 10.4. The van der Waals surface area contributed by atoms with Gasteiger partial charge in [-0.05, 0) is 64.3 Å². The van der Waals surface area contributed by atoms with Crippen molar-refractivity contribution in [3.8, 4) is 11.1 Å². The number of benzene rings is 2. The summed E-state index contributed by atoms with van der Waals surface area (Å²) in [5, 5.41) is 8.43. The first-order valence-corrected chi connectivity index (χ1v) is 9.11. The summed E-state index contributed by atoms with van der Waals surface area (Å²) in [4.78, 5) is 12.2. The molecule has 0 aliphatic heterocycles. The molecule has 27 heavy (non-hydrogen) atoms. The minimum Gasteiger partial charge on any atom is -0.444 e. The molecule has 5 nitrogen and oxygen atoms in total. The lowest BCUT2D eigenvalue weighted by molar-refractivity contribution is 0.0635. The number of hydrogen-bond donors (Lipinski definition) is 1. The summed E-state index contributed by atoms with van der Waals surface area (Å²) >= 11 is 0. The second-order valence-electron chi connectivity index (χ2n) is 8.07. The summed E-state index contributed by atoms with van der Waals surface area (Å²) < 4.78 is 7.08. The van der Waals surface area contributed by atoms with Crippen LogP contribution in [0.25, 0.3) is 22.0 Å². The van der Waals surface area contributed by atoms with Crippen molar-refractivity contribution in [3.05, 3.63) is 47.0 Å². The molecule has 0 saturated carbocycles. The highest BCUT2D eigenvalue weighted by Crippen LogP contribution is 2.35. The maximum atomic E-state index is 12.2. The van der Waals surface area contributed by atoms with Crippen LogP contribution in [0.1, 0.15) is 37.5 Å². The van der Waals surface area contributed by atoms with E-state index in [4.69, 9.17) is 9.84 Å². The summed E-state index contributed by atoms with van der Waals surface area (Å²) in [5.74, 6) is 0.628. The standard InChI is InChI=1S/C22H27N3O2/c1-13-11-14(2)18(15(3)12-13)16-9-8-10-17-19(16)24-25(7)20(17)23-21(26)27-22(4,5)6/h8-12H,1-7H3,(H,23,26). The van der Waals surface area contributed by atoms with E-state index in [1.807, 2.05) is 40.0 Å². The summed E-state index contributed by atoms with van der Waals surface area (Å²) in [7, 11) is 1.82. The Bertz CT molecular complexity index is 1000. The third kappa shape index (κ3) is 3.82. The van der Waals surface area contributed by atoms with E-state index in [1.165, 1.54) is 22.3 Å². The molecule has 0 radical (unpaired) electrons. The Balaban J connectivity index is 2.11. The van der Waals surface area contributed by atoms with E-state index >= 15 is 0 Å². The van der Waals surface area contributed by atoms with Crippen molar-refractivity contribution in [3.63, 3.8) is 0 Å². The Kier molecular flexibility index (Phi) is 4.72. The predicted molar refractivity (Wildman–Crippen MR) is 110 cm³/mol. The van der Waals surface area contributed by atoms with E-state index in [1.54, 1.807) is 4.68 Å². The maximum Gasteiger partial charge on any atom is 0.413 e. The van der Waals surface area contributed by atoms with Gasteiger partial charge in [0.15, 0.2) is 0 Å². The maximum absolute atomic E-state index is 12.2. The molecule has 3 rings (SSSR count). The van der Waals surface area contributed by atoms with Crippen molar-refractivity contribution in [2.24, 2.45) is 7.05 Å². The molecule has 3 aromatic rings. The quantitative estimate of drug-likeness (QED) is 0.651. The van der Waals surface area contributed by atoms with Crippen molar-refractivity contribution in [1.82, 2.24) is 9.78 Å². The number of nitrogens with zero attached hydrogens (tertiary/aromatic N) is 2. The van der Waals surface area contributed by atoms with Crippen LogP contribution in [-0.4, -0.2) is 21.5 Å². The monoisotopic (exact) mass is 365 g/mol. The Labute approximate surface area is 160 Å². The van der Waals surface area contributed by atoms with E-state index in [0.717, 1.165) is 16.5 Å². The van der Waals surface area contributed by atoms with Gasteiger partial charge in [0.05, 0.1) is 0 Å². The molecule has 0 spiro atoms. The van der Waals surface area contributed by atoms with Gasteiger partial charge in [-0.2, -0.15) is 5.10 Å². The fourth-order valence-corrected chi connectivity index (χ4v) is 3.57. The van der Waals surface area contributed by atoms with Crippen molar-refractivity contribution in [2.45, 2.75) is 47.1 Å². The highest BCUT2D eigenvalue weighted by molar-refractivity contribution is 6.04. The SMILES string of the molecule is Cc1cc(C)c(-c2cccc3c(NC(=O)OC(C)(C)C)n(C)nc23)c(C)c1. The molecule has 0 unspecified atom stereocenters. The van der Waals surface area contributed by atoms with Gasteiger partial charge in [-0.1, -0.05) is 29.8 Å². The van der Waals surface area contributed by atoms with Crippen LogP contribution in [0.2, 0.25) is 0 Å².